The first kappa shape index (κ1) is 26.5. The van der Waals surface area contributed by atoms with E-state index in [9.17, 15) is 9.18 Å². The van der Waals surface area contributed by atoms with Crippen molar-refractivity contribution in [1.82, 2.24) is 14.7 Å². The summed E-state index contributed by atoms with van der Waals surface area (Å²) in [6.07, 6.45) is 9.35. The number of benzene rings is 3. The van der Waals surface area contributed by atoms with E-state index in [1.165, 1.54) is 30.3 Å². The third kappa shape index (κ3) is 5.74. The molecule has 1 amide bonds. The van der Waals surface area contributed by atoms with Crippen molar-refractivity contribution in [3.63, 3.8) is 0 Å². The van der Waals surface area contributed by atoms with E-state index in [0.29, 0.717) is 21.6 Å². The summed E-state index contributed by atoms with van der Waals surface area (Å²) in [7, 11) is 0. The Bertz CT molecular complexity index is 1560. The van der Waals surface area contributed by atoms with Crippen molar-refractivity contribution < 1.29 is 13.9 Å². The van der Waals surface area contributed by atoms with Gasteiger partial charge >= 0.3 is 0 Å². The predicted octanol–water partition coefficient (Wildman–Crippen LogP) is 7.79. The van der Waals surface area contributed by atoms with Crippen LogP contribution in [0, 0.1) is 5.82 Å². The second-order valence-electron chi connectivity index (χ2n) is 10.00. The maximum absolute atomic E-state index is 13.5. The van der Waals surface area contributed by atoms with E-state index in [1.54, 1.807) is 12.1 Å². The summed E-state index contributed by atoms with van der Waals surface area (Å²) in [5.74, 6) is 0.380. The molecule has 8 heteroatoms. The zero-order valence-corrected chi connectivity index (χ0v) is 23.5. The lowest BCUT2D eigenvalue weighted by Crippen LogP contribution is -2.39. The minimum absolute atomic E-state index is 0.0170. The molecule has 6 rings (SSSR count). The van der Waals surface area contributed by atoms with E-state index in [4.69, 9.17) is 22.1 Å². The van der Waals surface area contributed by atoms with Crippen LogP contribution in [-0.4, -0.2) is 30.9 Å². The monoisotopic (exact) mass is 569 g/mol. The highest BCUT2D eigenvalue weighted by molar-refractivity contribution is 8.26. The number of halogens is 1. The maximum atomic E-state index is 13.5. The number of hydrogen-bond donors (Lipinski definition) is 0. The lowest BCUT2D eigenvalue weighted by molar-refractivity contribution is -0.124. The van der Waals surface area contributed by atoms with Crippen molar-refractivity contribution in [1.29, 1.82) is 0 Å². The van der Waals surface area contributed by atoms with Crippen molar-refractivity contribution >= 4 is 40.3 Å². The Hall–Kier alpha value is -3.75. The van der Waals surface area contributed by atoms with Gasteiger partial charge in [-0.05, 0) is 60.9 Å². The van der Waals surface area contributed by atoms with Crippen LogP contribution in [0.4, 0.5) is 4.39 Å². The van der Waals surface area contributed by atoms with Gasteiger partial charge in [-0.25, -0.2) is 9.07 Å². The normalized spacial score (nSPS) is 17.1. The smallest absolute Gasteiger partial charge is 0.266 e. The first-order valence-electron chi connectivity index (χ1n) is 13.4. The quantitative estimate of drug-likeness (QED) is 0.168. The molecular weight excluding hydrogens is 542 g/mol. The lowest BCUT2D eigenvalue weighted by Gasteiger charge is -2.29. The van der Waals surface area contributed by atoms with E-state index in [0.717, 1.165) is 53.8 Å². The molecular formula is C32H28FN3O2S2. The molecule has 0 radical (unpaired) electrons. The Kier molecular flexibility index (Phi) is 7.80. The van der Waals surface area contributed by atoms with Gasteiger partial charge in [0.2, 0.25) is 0 Å². The van der Waals surface area contributed by atoms with Gasteiger partial charge in [-0.2, -0.15) is 5.10 Å². The number of hydrogen-bond acceptors (Lipinski definition) is 5. The number of rotatable bonds is 7. The molecule has 0 N–H and O–H groups in total. The molecule has 0 spiro atoms. The molecule has 1 saturated heterocycles. The van der Waals surface area contributed by atoms with Gasteiger partial charge in [0, 0.05) is 23.4 Å². The molecule has 1 aliphatic carbocycles. The van der Waals surface area contributed by atoms with Crippen molar-refractivity contribution in [2.75, 3.05) is 0 Å². The number of aromatic nitrogens is 2. The summed E-state index contributed by atoms with van der Waals surface area (Å²) >= 11 is 7.03. The van der Waals surface area contributed by atoms with Gasteiger partial charge in [-0.1, -0.05) is 85.7 Å². The van der Waals surface area contributed by atoms with Crippen molar-refractivity contribution in [2.24, 2.45) is 0 Å². The molecule has 1 aromatic heterocycles. The molecule has 3 aromatic carbocycles. The van der Waals surface area contributed by atoms with E-state index >= 15 is 0 Å². The molecule has 40 heavy (non-hydrogen) atoms. The number of nitrogens with zero attached hydrogens (tertiary/aromatic N) is 3. The molecule has 0 bridgehead atoms. The Labute approximate surface area is 242 Å². The average molecular weight is 570 g/mol. The standard InChI is InChI=1S/C32H28FN3O2S2/c33-25-16-14-22(15-17-25)21-38-28-13-7-8-23(18-28)30-24(20-35(34-30)26-9-3-1-4-10-26)19-29-31(37)36(32(39)40-29)27-11-5-2-6-12-27/h1,3-4,7-10,13-20,27H,2,5-6,11-12,21H2/b29-19-. The molecule has 2 heterocycles. The van der Waals surface area contributed by atoms with Gasteiger partial charge in [0.25, 0.3) is 5.91 Å². The third-order valence-corrected chi connectivity index (χ3v) is 8.57. The molecule has 2 aliphatic rings. The van der Waals surface area contributed by atoms with E-state index in [2.05, 4.69) is 0 Å². The topological polar surface area (TPSA) is 47.4 Å². The van der Waals surface area contributed by atoms with Crippen LogP contribution in [-0.2, 0) is 11.4 Å². The molecule has 202 valence electrons. The number of amides is 1. The molecule has 5 nitrogen and oxygen atoms in total. The van der Waals surface area contributed by atoms with E-state index in [-0.39, 0.29) is 17.8 Å². The zero-order valence-electron chi connectivity index (χ0n) is 21.8. The van der Waals surface area contributed by atoms with Crippen LogP contribution in [0.1, 0.15) is 43.2 Å². The number of carbonyl (C=O) groups is 1. The first-order valence-corrected chi connectivity index (χ1v) is 14.7. The van der Waals surface area contributed by atoms with Gasteiger partial charge in [0.05, 0.1) is 10.6 Å². The largest absolute Gasteiger partial charge is 0.489 e. The number of para-hydroxylation sites is 1. The Morgan fingerprint density at radius 1 is 1.00 bits per heavy atom. The van der Waals surface area contributed by atoms with Crippen molar-refractivity contribution in [2.45, 2.75) is 44.8 Å². The fourth-order valence-corrected chi connectivity index (χ4v) is 6.58. The summed E-state index contributed by atoms with van der Waals surface area (Å²) in [4.78, 5) is 16.0. The summed E-state index contributed by atoms with van der Waals surface area (Å²) in [6, 6.07) is 24.1. The second-order valence-corrected chi connectivity index (χ2v) is 11.7. The van der Waals surface area contributed by atoms with Crippen LogP contribution in [0.5, 0.6) is 5.75 Å². The Morgan fingerprint density at radius 3 is 2.55 bits per heavy atom. The first-order chi connectivity index (χ1) is 19.5. The van der Waals surface area contributed by atoms with Crippen LogP contribution in [0.15, 0.2) is 90.0 Å². The highest BCUT2D eigenvalue weighted by Gasteiger charge is 2.37. The number of thioether (sulfide) groups is 1. The molecule has 1 saturated carbocycles. The van der Waals surface area contributed by atoms with E-state index < -0.39 is 0 Å². The minimum Gasteiger partial charge on any atom is -0.489 e. The molecule has 4 aromatic rings. The lowest BCUT2D eigenvalue weighted by atomic mass is 9.94. The minimum atomic E-state index is -0.275. The number of carbonyl (C=O) groups excluding carboxylic acids is 1. The van der Waals surface area contributed by atoms with Crippen LogP contribution >= 0.6 is 24.0 Å². The average Bonchev–Trinajstić information content (AvgIpc) is 3.53. The fourth-order valence-electron chi connectivity index (χ4n) is 5.19. The predicted molar refractivity (Wildman–Crippen MR) is 162 cm³/mol. The highest BCUT2D eigenvalue weighted by Crippen LogP contribution is 2.38. The van der Waals surface area contributed by atoms with Crippen LogP contribution in [0.25, 0.3) is 23.0 Å². The molecule has 2 fully saturated rings. The summed E-state index contributed by atoms with van der Waals surface area (Å²) in [6.45, 7) is 0.318. The fraction of sp³-hybridized carbons (Fsp3) is 0.219. The van der Waals surface area contributed by atoms with Gasteiger partial charge in [-0.15, -0.1) is 0 Å². The van der Waals surface area contributed by atoms with E-state index in [1.807, 2.05) is 76.5 Å². The van der Waals surface area contributed by atoms with Gasteiger partial charge in [0.1, 0.15) is 28.2 Å². The molecule has 1 aliphatic heterocycles. The van der Waals surface area contributed by atoms with Crippen LogP contribution in [0.2, 0.25) is 0 Å². The molecule has 0 atom stereocenters. The summed E-state index contributed by atoms with van der Waals surface area (Å²) < 4.78 is 21.8. The number of thiocarbonyl (C=S) groups is 1. The van der Waals surface area contributed by atoms with Gasteiger partial charge < -0.3 is 4.74 Å². The highest BCUT2D eigenvalue weighted by atomic mass is 32.2. The summed E-state index contributed by atoms with van der Waals surface area (Å²) in [5.41, 5.74) is 4.21. The van der Waals surface area contributed by atoms with Crippen LogP contribution < -0.4 is 4.74 Å². The van der Waals surface area contributed by atoms with Crippen molar-refractivity contribution in [3.05, 3.63) is 107 Å². The van der Waals surface area contributed by atoms with Crippen molar-refractivity contribution in [3.8, 4) is 22.7 Å². The number of ether oxygens (including phenoxy) is 1. The Balaban J connectivity index is 1.32. The Morgan fingerprint density at radius 2 is 1.77 bits per heavy atom. The van der Waals surface area contributed by atoms with Crippen LogP contribution in [0.3, 0.4) is 0 Å². The summed E-state index contributed by atoms with van der Waals surface area (Å²) in [5, 5.41) is 4.92. The van der Waals surface area contributed by atoms with Gasteiger partial charge in [0.15, 0.2) is 0 Å². The third-order valence-electron chi connectivity index (χ3n) is 7.24. The SMILES string of the molecule is O=C1/C(=C/c2cn(-c3ccccc3)nc2-c2cccc(OCc3ccc(F)cc3)c2)SC(=S)N1C1CCCCC1. The zero-order chi connectivity index (χ0) is 27.5. The maximum Gasteiger partial charge on any atom is 0.266 e. The van der Waals surface area contributed by atoms with Gasteiger partial charge in [-0.3, -0.25) is 9.69 Å². The molecule has 0 unspecified atom stereocenters. The second kappa shape index (κ2) is 11.8.